The lowest BCUT2D eigenvalue weighted by Gasteiger charge is -2.28. The second-order valence-corrected chi connectivity index (χ2v) is 5.66. The molecule has 1 rings (SSSR count). The first-order valence-electron chi connectivity index (χ1n) is 7.22. The molecule has 0 radical (unpaired) electrons. The van der Waals surface area contributed by atoms with Gasteiger partial charge in [0.05, 0.1) is 0 Å². The van der Waals surface area contributed by atoms with E-state index >= 15 is 0 Å². The van der Waals surface area contributed by atoms with Crippen LogP contribution in [0.25, 0.3) is 0 Å². The van der Waals surface area contributed by atoms with E-state index in [0.29, 0.717) is 13.0 Å². The van der Waals surface area contributed by atoms with Crippen molar-refractivity contribution in [2.45, 2.75) is 52.0 Å². The summed E-state index contributed by atoms with van der Waals surface area (Å²) in [6, 6.07) is 0. The zero-order valence-electron chi connectivity index (χ0n) is 12.0. The lowest BCUT2D eigenvalue weighted by Crippen LogP contribution is -2.51. The maximum atomic E-state index is 11.3. The molecule has 0 amide bonds. The molecule has 0 saturated carbocycles. The van der Waals surface area contributed by atoms with Gasteiger partial charge in [-0.1, -0.05) is 20.3 Å². The molecule has 0 aromatic rings. The van der Waals surface area contributed by atoms with Crippen LogP contribution in [0.2, 0.25) is 0 Å². The molecule has 1 heterocycles. The smallest absolute Gasteiger partial charge is 0.323 e. The van der Waals surface area contributed by atoms with Crippen LogP contribution in [0.4, 0.5) is 0 Å². The summed E-state index contributed by atoms with van der Waals surface area (Å²) in [5.74, 6) is 0.0823. The van der Waals surface area contributed by atoms with Gasteiger partial charge in [-0.25, -0.2) is 0 Å². The van der Waals surface area contributed by atoms with E-state index in [9.17, 15) is 9.90 Å². The highest BCUT2D eigenvalue weighted by Crippen LogP contribution is 2.22. The fourth-order valence-corrected chi connectivity index (χ4v) is 2.80. The van der Waals surface area contributed by atoms with Gasteiger partial charge in [0, 0.05) is 13.1 Å². The number of aliphatic carboxylic acids is 1. The van der Waals surface area contributed by atoms with Gasteiger partial charge in [0.2, 0.25) is 0 Å². The van der Waals surface area contributed by atoms with Crippen LogP contribution < -0.4 is 5.32 Å². The first-order chi connectivity index (χ1) is 8.51. The minimum atomic E-state index is -0.780. The average molecular weight is 256 g/mol. The highest BCUT2D eigenvalue weighted by molar-refractivity contribution is 5.78. The molecule has 1 aliphatic rings. The number of hydrogen-bond acceptors (Lipinski definition) is 3. The van der Waals surface area contributed by atoms with E-state index in [1.807, 2.05) is 6.92 Å². The molecule has 4 nitrogen and oxygen atoms in total. The number of carboxylic acid groups (broad SMARTS) is 1. The Balaban J connectivity index is 2.37. The molecule has 2 N–H and O–H groups in total. The Kier molecular flexibility index (Phi) is 6.09. The maximum Gasteiger partial charge on any atom is 0.323 e. The van der Waals surface area contributed by atoms with Crippen molar-refractivity contribution in [1.82, 2.24) is 10.2 Å². The second-order valence-electron chi connectivity index (χ2n) is 5.66. The van der Waals surface area contributed by atoms with E-state index < -0.39 is 11.5 Å². The van der Waals surface area contributed by atoms with Crippen LogP contribution in [-0.4, -0.2) is 47.7 Å². The Hall–Kier alpha value is -0.610. The van der Waals surface area contributed by atoms with Crippen LogP contribution in [0.5, 0.6) is 0 Å². The number of hydrogen-bond donors (Lipinski definition) is 2. The van der Waals surface area contributed by atoms with Gasteiger partial charge in [-0.2, -0.15) is 0 Å². The Labute approximate surface area is 111 Å². The summed E-state index contributed by atoms with van der Waals surface area (Å²) in [5.41, 5.74) is -0.780. The number of likely N-dealkylation sites (tertiary alicyclic amines) is 1. The van der Waals surface area contributed by atoms with E-state index in [1.165, 1.54) is 19.3 Å². The van der Waals surface area contributed by atoms with Gasteiger partial charge >= 0.3 is 5.97 Å². The van der Waals surface area contributed by atoms with Gasteiger partial charge in [-0.05, 0) is 45.2 Å². The molecule has 1 fully saturated rings. The fraction of sp³-hybridized carbons (Fsp3) is 0.929. The minimum Gasteiger partial charge on any atom is -0.480 e. The molecule has 0 aliphatic carbocycles. The van der Waals surface area contributed by atoms with Crippen molar-refractivity contribution >= 4 is 5.97 Å². The molecular weight excluding hydrogens is 228 g/mol. The Morgan fingerprint density at radius 2 is 2.22 bits per heavy atom. The predicted octanol–water partition coefficient (Wildman–Crippen LogP) is 1.95. The first kappa shape index (κ1) is 15.4. The zero-order valence-corrected chi connectivity index (χ0v) is 12.0. The van der Waals surface area contributed by atoms with Crippen LogP contribution >= 0.6 is 0 Å². The average Bonchev–Trinajstić information content (AvgIpc) is 2.75. The van der Waals surface area contributed by atoms with Crippen molar-refractivity contribution in [3.63, 3.8) is 0 Å². The topological polar surface area (TPSA) is 52.6 Å². The van der Waals surface area contributed by atoms with Crippen LogP contribution in [0, 0.1) is 5.92 Å². The molecule has 0 spiro atoms. The van der Waals surface area contributed by atoms with Crippen molar-refractivity contribution in [1.29, 1.82) is 0 Å². The number of nitrogens with zero attached hydrogens (tertiary/aromatic N) is 1. The molecular formula is C14H28N2O2. The lowest BCUT2D eigenvalue weighted by molar-refractivity contribution is -0.144. The molecule has 1 aliphatic heterocycles. The predicted molar refractivity (Wildman–Crippen MR) is 73.8 cm³/mol. The Bertz CT molecular complexity index is 271. The summed E-state index contributed by atoms with van der Waals surface area (Å²) in [6.45, 7) is 9.83. The Morgan fingerprint density at radius 1 is 1.50 bits per heavy atom. The van der Waals surface area contributed by atoms with E-state index in [4.69, 9.17) is 0 Å². The maximum absolute atomic E-state index is 11.3. The quantitative estimate of drug-likeness (QED) is 0.697. The zero-order chi connectivity index (χ0) is 13.6. The highest BCUT2D eigenvalue weighted by atomic mass is 16.4. The third kappa shape index (κ3) is 4.25. The largest absolute Gasteiger partial charge is 0.480 e. The van der Waals surface area contributed by atoms with Gasteiger partial charge in [0.1, 0.15) is 5.54 Å². The summed E-state index contributed by atoms with van der Waals surface area (Å²) >= 11 is 0. The summed E-state index contributed by atoms with van der Waals surface area (Å²) in [5, 5.41) is 12.4. The monoisotopic (exact) mass is 256 g/mol. The number of nitrogens with one attached hydrogen (secondary N) is 1. The third-order valence-electron chi connectivity index (χ3n) is 4.03. The molecule has 106 valence electrons. The first-order valence-corrected chi connectivity index (χ1v) is 7.22. The molecule has 18 heavy (non-hydrogen) atoms. The van der Waals surface area contributed by atoms with Crippen molar-refractivity contribution in [3.8, 4) is 0 Å². The van der Waals surface area contributed by atoms with Gasteiger partial charge in [0.25, 0.3) is 0 Å². The van der Waals surface area contributed by atoms with Crippen molar-refractivity contribution in [3.05, 3.63) is 0 Å². The SMILES string of the molecule is CCCC1CCN(CCC(C)(NCC)C(=O)O)C1. The van der Waals surface area contributed by atoms with Gasteiger partial charge in [-0.3, -0.25) is 4.79 Å². The van der Waals surface area contributed by atoms with Gasteiger partial charge in [0.15, 0.2) is 0 Å². The fourth-order valence-electron chi connectivity index (χ4n) is 2.80. The summed E-state index contributed by atoms with van der Waals surface area (Å²) < 4.78 is 0. The molecule has 0 bridgehead atoms. The van der Waals surface area contributed by atoms with Gasteiger partial charge < -0.3 is 15.3 Å². The van der Waals surface area contributed by atoms with Crippen molar-refractivity contribution in [2.24, 2.45) is 5.92 Å². The normalized spacial score (nSPS) is 24.1. The summed E-state index contributed by atoms with van der Waals surface area (Å²) in [7, 11) is 0. The molecule has 0 aromatic carbocycles. The lowest BCUT2D eigenvalue weighted by atomic mass is 9.97. The van der Waals surface area contributed by atoms with Gasteiger partial charge in [-0.15, -0.1) is 0 Å². The summed E-state index contributed by atoms with van der Waals surface area (Å²) in [6.07, 6.45) is 4.51. The number of carbonyl (C=O) groups is 1. The van der Waals surface area contributed by atoms with E-state index in [1.54, 1.807) is 6.92 Å². The highest BCUT2D eigenvalue weighted by Gasteiger charge is 2.33. The Morgan fingerprint density at radius 3 is 2.78 bits per heavy atom. The molecule has 2 atom stereocenters. The van der Waals surface area contributed by atoms with Crippen molar-refractivity contribution < 1.29 is 9.90 Å². The number of likely N-dealkylation sites (N-methyl/N-ethyl adjacent to an activating group) is 1. The van der Waals surface area contributed by atoms with E-state index in [2.05, 4.69) is 17.1 Å². The van der Waals surface area contributed by atoms with E-state index in [0.717, 1.165) is 25.6 Å². The van der Waals surface area contributed by atoms with Crippen molar-refractivity contribution in [2.75, 3.05) is 26.2 Å². The van der Waals surface area contributed by atoms with Crippen LogP contribution in [-0.2, 0) is 4.79 Å². The van der Waals surface area contributed by atoms with Crippen LogP contribution in [0.3, 0.4) is 0 Å². The minimum absolute atomic E-state index is 0.676. The molecule has 1 saturated heterocycles. The second kappa shape index (κ2) is 7.10. The molecule has 4 heteroatoms. The van der Waals surface area contributed by atoms with Crippen LogP contribution in [0.15, 0.2) is 0 Å². The summed E-state index contributed by atoms with van der Waals surface area (Å²) in [4.78, 5) is 13.7. The number of rotatable bonds is 8. The number of carboxylic acids is 1. The molecule has 2 unspecified atom stereocenters. The third-order valence-corrected chi connectivity index (χ3v) is 4.03. The van der Waals surface area contributed by atoms with Crippen LogP contribution in [0.1, 0.15) is 46.5 Å². The van der Waals surface area contributed by atoms with E-state index in [-0.39, 0.29) is 0 Å². The molecule has 0 aromatic heterocycles. The standard InChI is InChI=1S/C14H28N2O2/c1-4-6-12-7-9-16(11-12)10-8-14(3,13(17)18)15-5-2/h12,15H,4-11H2,1-3H3,(H,17,18).